The van der Waals surface area contributed by atoms with Crippen molar-refractivity contribution in [3.63, 3.8) is 0 Å². The second-order valence-electron chi connectivity index (χ2n) is 5.01. The number of ether oxygens (including phenoxy) is 1. The molecule has 0 saturated heterocycles. The van der Waals surface area contributed by atoms with Gasteiger partial charge in [-0.15, -0.1) is 0 Å². The van der Waals surface area contributed by atoms with Gasteiger partial charge in [-0.3, -0.25) is 0 Å². The number of benzene rings is 2. The Morgan fingerprint density at radius 3 is 2.15 bits per heavy atom. The summed E-state index contributed by atoms with van der Waals surface area (Å²) in [5, 5.41) is 4.91. The molecule has 2 aromatic rings. The molecule has 2 aromatic carbocycles. The van der Waals surface area contributed by atoms with Crippen molar-refractivity contribution in [3.8, 4) is 16.9 Å². The first-order valence-corrected chi connectivity index (χ1v) is 6.76. The van der Waals surface area contributed by atoms with Gasteiger partial charge in [0, 0.05) is 10.9 Å². The monoisotopic (exact) mass is 258 g/mol. The molecule has 0 atom stereocenters. The van der Waals surface area contributed by atoms with Crippen LogP contribution in [0.15, 0.2) is 66.7 Å². The fraction of sp³-hybridized carbons (Fsp3) is 0.0526. The van der Waals surface area contributed by atoms with Gasteiger partial charge in [-0.25, -0.2) is 0 Å². The van der Waals surface area contributed by atoms with Gasteiger partial charge in [0.25, 0.3) is 0 Å². The van der Waals surface area contributed by atoms with Gasteiger partial charge in [0.2, 0.25) is 0 Å². The van der Waals surface area contributed by atoms with E-state index in [4.69, 9.17) is 4.74 Å². The Balaban J connectivity index is 2.23. The molecule has 0 spiro atoms. The van der Waals surface area contributed by atoms with Crippen molar-refractivity contribution in [2.45, 2.75) is 0 Å². The van der Waals surface area contributed by atoms with E-state index in [2.05, 4.69) is 66.7 Å². The molecule has 0 radical (unpaired) electrons. The molecule has 0 fully saturated rings. The van der Waals surface area contributed by atoms with Gasteiger partial charge in [-0.1, -0.05) is 60.7 Å². The van der Waals surface area contributed by atoms with Crippen LogP contribution in [0.5, 0.6) is 5.75 Å². The highest BCUT2D eigenvalue weighted by atomic mass is 16.5. The average molecular weight is 258 g/mol. The second-order valence-corrected chi connectivity index (χ2v) is 5.01. The highest BCUT2D eigenvalue weighted by Gasteiger charge is 2.17. The van der Waals surface area contributed by atoms with E-state index in [-0.39, 0.29) is 0 Å². The molecular weight excluding hydrogens is 244 g/mol. The van der Waals surface area contributed by atoms with Crippen LogP contribution in [0, 0.1) is 0 Å². The molecule has 4 rings (SSSR count). The van der Waals surface area contributed by atoms with Crippen LogP contribution in [0.1, 0.15) is 0 Å². The van der Waals surface area contributed by atoms with Gasteiger partial charge in [0.05, 0.1) is 7.11 Å². The summed E-state index contributed by atoms with van der Waals surface area (Å²) in [6.45, 7) is 0. The molecular formula is C19H14O. The summed E-state index contributed by atoms with van der Waals surface area (Å²) >= 11 is 0. The van der Waals surface area contributed by atoms with Crippen molar-refractivity contribution in [2.75, 3.05) is 7.11 Å². The van der Waals surface area contributed by atoms with E-state index in [0.717, 1.165) is 5.75 Å². The van der Waals surface area contributed by atoms with Crippen LogP contribution in [0.2, 0.25) is 0 Å². The fourth-order valence-electron chi connectivity index (χ4n) is 2.99. The molecule has 2 aliphatic carbocycles. The fourth-order valence-corrected chi connectivity index (χ4v) is 2.99. The van der Waals surface area contributed by atoms with E-state index in [1.807, 2.05) is 0 Å². The Bertz CT molecular complexity index is 892. The topological polar surface area (TPSA) is 9.23 Å². The molecule has 0 bridgehead atoms. The molecule has 0 unspecified atom stereocenters. The standard InChI is InChI=1S/C19H14O/c1-20-19-17-9-5-4-8-15(17)16-11-10-13-6-2-3-7-14(13)12-18(16)19/h2-12H,1H3. The van der Waals surface area contributed by atoms with Crippen molar-refractivity contribution in [3.05, 3.63) is 66.7 Å². The zero-order valence-corrected chi connectivity index (χ0v) is 11.3. The first-order chi connectivity index (χ1) is 9.88. The maximum Gasteiger partial charge on any atom is 0.134 e. The van der Waals surface area contributed by atoms with Crippen LogP contribution < -0.4 is 4.74 Å². The van der Waals surface area contributed by atoms with E-state index in [0.29, 0.717) is 0 Å². The Hall–Kier alpha value is -2.54. The smallest absolute Gasteiger partial charge is 0.134 e. The van der Waals surface area contributed by atoms with Crippen LogP contribution in [-0.4, -0.2) is 7.11 Å². The first-order valence-electron chi connectivity index (χ1n) is 6.76. The Kier molecular flexibility index (Phi) is 2.40. The second kappa shape index (κ2) is 4.24. The molecule has 20 heavy (non-hydrogen) atoms. The maximum atomic E-state index is 5.67. The minimum Gasteiger partial charge on any atom is -0.495 e. The highest BCUT2D eigenvalue weighted by molar-refractivity contribution is 6.09. The summed E-state index contributed by atoms with van der Waals surface area (Å²) in [5.74, 6) is 0.969. The molecule has 1 heteroatoms. The first kappa shape index (κ1) is 11.3. The largest absolute Gasteiger partial charge is 0.495 e. The van der Waals surface area contributed by atoms with Crippen LogP contribution in [0.4, 0.5) is 0 Å². The van der Waals surface area contributed by atoms with Gasteiger partial charge < -0.3 is 4.74 Å². The van der Waals surface area contributed by atoms with E-state index >= 15 is 0 Å². The summed E-state index contributed by atoms with van der Waals surface area (Å²) in [6, 6.07) is 23.5. The van der Waals surface area contributed by atoms with Crippen molar-refractivity contribution >= 4 is 21.5 Å². The van der Waals surface area contributed by atoms with E-state index < -0.39 is 0 Å². The molecule has 0 heterocycles. The molecule has 1 nitrogen and oxygen atoms in total. The summed E-state index contributed by atoms with van der Waals surface area (Å²) in [7, 11) is 1.75. The number of methoxy groups -OCH3 is 1. The minimum absolute atomic E-state index is 0.969. The maximum absolute atomic E-state index is 5.67. The zero-order valence-electron chi connectivity index (χ0n) is 11.3. The van der Waals surface area contributed by atoms with Gasteiger partial charge in [-0.2, -0.15) is 0 Å². The molecule has 0 saturated carbocycles. The van der Waals surface area contributed by atoms with E-state index in [1.165, 1.54) is 32.7 Å². The third kappa shape index (κ3) is 1.50. The third-order valence-electron chi connectivity index (χ3n) is 3.93. The quantitative estimate of drug-likeness (QED) is 0.461. The number of hydrogen-bond acceptors (Lipinski definition) is 1. The number of rotatable bonds is 1. The zero-order chi connectivity index (χ0) is 13.5. The lowest BCUT2D eigenvalue weighted by Crippen LogP contribution is -1.81. The summed E-state index contributed by atoms with van der Waals surface area (Å²) in [5.41, 5.74) is 2.42. The molecule has 2 aliphatic rings. The van der Waals surface area contributed by atoms with Gasteiger partial charge in [-0.05, 0) is 27.8 Å². The Morgan fingerprint density at radius 1 is 0.650 bits per heavy atom. The highest BCUT2D eigenvalue weighted by Crippen LogP contribution is 2.44. The number of hydrogen-bond donors (Lipinski definition) is 0. The lowest BCUT2D eigenvalue weighted by atomic mass is 10.1. The SMILES string of the molecule is COc1c2cc3ccccc3ccc-2c2ccccc12. The average Bonchev–Trinajstić information content (AvgIpc) is 2.66. The molecule has 0 aromatic heterocycles. The molecule has 0 amide bonds. The van der Waals surface area contributed by atoms with Gasteiger partial charge >= 0.3 is 0 Å². The Morgan fingerprint density at radius 2 is 1.35 bits per heavy atom. The minimum atomic E-state index is 0.969. The summed E-state index contributed by atoms with van der Waals surface area (Å²) in [6.07, 6.45) is 0. The molecule has 96 valence electrons. The van der Waals surface area contributed by atoms with Crippen molar-refractivity contribution in [2.24, 2.45) is 0 Å². The van der Waals surface area contributed by atoms with Crippen LogP contribution in [0.3, 0.4) is 0 Å². The van der Waals surface area contributed by atoms with Crippen molar-refractivity contribution < 1.29 is 4.74 Å². The molecule has 0 aliphatic heterocycles. The van der Waals surface area contributed by atoms with E-state index in [9.17, 15) is 0 Å². The predicted octanol–water partition coefficient (Wildman–Crippen LogP) is 5.11. The normalized spacial score (nSPS) is 11.2. The van der Waals surface area contributed by atoms with Crippen molar-refractivity contribution in [1.82, 2.24) is 0 Å². The van der Waals surface area contributed by atoms with Crippen LogP contribution >= 0.6 is 0 Å². The third-order valence-corrected chi connectivity index (χ3v) is 3.93. The van der Waals surface area contributed by atoms with Gasteiger partial charge in [0.15, 0.2) is 0 Å². The van der Waals surface area contributed by atoms with Crippen molar-refractivity contribution in [1.29, 1.82) is 0 Å². The van der Waals surface area contributed by atoms with Crippen LogP contribution in [-0.2, 0) is 0 Å². The lowest BCUT2D eigenvalue weighted by molar-refractivity contribution is 0.422. The summed E-state index contributed by atoms with van der Waals surface area (Å²) < 4.78 is 5.67. The Labute approximate surface area is 117 Å². The lowest BCUT2D eigenvalue weighted by Gasteiger charge is -2.00. The summed E-state index contributed by atoms with van der Waals surface area (Å²) in [4.78, 5) is 0. The predicted molar refractivity (Wildman–Crippen MR) is 84.6 cm³/mol. The number of fused-ring (bicyclic) bond motifs is 4. The van der Waals surface area contributed by atoms with Crippen LogP contribution in [0.25, 0.3) is 32.7 Å². The van der Waals surface area contributed by atoms with E-state index in [1.54, 1.807) is 7.11 Å². The molecule has 0 N–H and O–H groups in total. The van der Waals surface area contributed by atoms with Gasteiger partial charge in [0.1, 0.15) is 5.75 Å².